The Bertz CT molecular complexity index is 25.3. The van der Waals surface area contributed by atoms with Gasteiger partial charge in [-0.25, -0.2) is 0 Å². The molecule has 2 heteroatoms. The maximum Gasteiger partial charge on any atom is 0.0701 e. The molecule has 0 N–H and O–H groups in total. The molecule has 2 radical (unpaired) electrons. The molecule has 0 atom stereocenters. The van der Waals surface area contributed by atoms with E-state index in [0.717, 1.165) is 0 Å². The zero-order chi connectivity index (χ0) is 5.54. The number of rotatable bonds is 4. The molecular formula is C5H10O2. The summed E-state index contributed by atoms with van der Waals surface area (Å²) in [6.07, 6.45) is 0. The van der Waals surface area contributed by atoms with E-state index in [1.165, 1.54) is 0 Å². The molecule has 0 aliphatic rings. The Morgan fingerprint density at radius 3 is 2.43 bits per heavy atom. The summed E-state index contributed by atoms with van der Waals surface area (Å²) in [5.41, 5.74) is 0. The molecule has 0 aliphatic heterocycles. The molecule has 2 nitrogen and oxygen atoms in total. The SMILES string of the molecule is [CH2]COCCO[CH2]. The largest absolute Gasteiger partial charge is 0.379 e. The third-order valence-corrected chi connectivity index (χ3v) is 0.516. The van der Waals surface area contributed by atoms with Crippen LogP contribution in [0.1, 0.15) is 0 Å². The molecule has 0 unspecified atom stereocenters. The number of ether oxygens (including phenoxy) is 2. The van der Waals surface area contributed by atoms with E-state index in [4.69, 9.17) is 4.74 Å². The van der Waals surface area contributed by atoms with Gasteiger partial charge < -0.3 is 9.47 Å². The minimum Gasteiger partial charge on any atom is -0.379 e. The van der Waals surface area contributed by atoms with E-state index in [9.17, 15) is 0 Å². The Labute approximate surface area is 44.4 Å². The lowest BCUT2D eigenvalue weighted by Crippen LogP contribution is -1.99. The first kappa shape index (κ1) is 6.92. The zero-order valence-corrected chi connectivity index (χ0v) is 4.35. The smallest absolute Gasteiger partial charge is 0.0701 e. The van der Waals surface area contributed by atoms with Crippen LogP contribution in [0.25, 0.3) is 0 Å². The van der Waals surface area contributed by atoms with Crippen molar-refractivity contribution in [3.63, 3.8) is 0 Å². The molecule has 0 amide bonds. The van der Waals surface area contributed by atoms with E-state index in [1.807, 2.05) is 0 Å². The molecule has 0 fully saturated rings. The van der Waals surface area contributed by atoms with Gasteiger partial charge in [0.1, 0.15) is 0 Å². The van der Waals surface area contributed by atoms with Crippen LogP contribution < -0.4 is 0 Å². The standard InChI is InChI=1S/C5H10O2/c1-3-7-5-4-6-2/h1-5H2. The van der Waals surface area contributed by atoms with Crippen LogP contribution in [-0.2, 0) is 9.47 Å². The van der Waals surface area contributed by atoms with Gasteiger partial charge in [0.15, 0.2) is 0 Å². The highest BCUT2D eigenvalue weighted by Gasteiger charge is 1.78. The normalized spacial score (nSPS) is 9.43. The highest BCUT2D eigenvalue weighted by molar-refractivity contribution is 4.30. The van der Waals surface area contributed by atoms with Gasteiger partial charge >= 0.3 is 0 Å². The molecule has 0 aromatic rings. The Kier molecular flexibility index (Phi) is 5.85. The van der Waals surface area contributed by atoms with E-state index in [1.54, 1.807) is 0 Å². The van der Waals surface area contributed by atoms with Crippen molar-refractivity contribution >= 4 is 0 Å². The van der Waals surface area contributed by atoms with Crippen molar-refractivity contribution < 1.29 is 9.47 Å². The van der Waals surface area contributed by atoms with Crippen LogP contribution in [-0.4, -0.2) is 19.8 Å². The van der Waals surface area contributed by atoms with Gasteiger partial charge in [-0.1, -0.05) is 0 Å². The molecule has 0 saturated heterocycles. The molecule has 0 rings (SSSR count). The van der Waals surface area contributed by atoms with Gasteiger partial charge in [-0.3, -0.25) is 0 Å². The van der Waals surface area contributed by atoms with Gasteiger partial charge in [-0.05, 0) is 6.92 Å². The highest BCUT2D eigenvalue weighted by atomic mass is 16.5. The third kappa shape index (κ3) is 5.92. The van der Waals surface area contributed by atoms with E-state index in [0.29, 0.717) is 19.8 Å². The van der Waals surface area contributed by atoms with Crippen molar-refractivity contribution in [3.8, 4) is 0 Å². The topological polar surface area (TPSA) is 18.5 Å². The Balaban J connectivity index is 2.45. The lowest BCUT2D eigenvalue weighted by Gasteiger charge is -1.95. The van der Waals surface area contributed by atoms with Crippen molar-refractivity contribution in [1.29, 1.82) is 0 Å². The molecule has 0 aromatic carbocycles. The van der Waals surface area contributed by atoms with Gasteiger partial charge in [0.05, 0.1) is 20.3 Å². The minimum absolute atomic E-state index is 0.503. The molecular weight excluding hydrogens is 92.1 g/mol. The minimum atomic E-state index is 0.503. The summed E-state index contributed by atoms with van der Waals surface area (Å²) in [6, 6.07) is 0. The van der Waals surface area contributed by atoms with Crippen LogP contribution in [0.2, 0.25) is 0 Å². The third-order valence-electron chi connectivity index (χ3n) is 0.516. The van der Waals surface area contributed by atoms with E-state index < -0.39 is 0 Å². The predicted molar refractivity (Wildman–Crippen MR) is 27.5 cm³/mol. The average Bonchev–Trinajstić information content (AvgIpc) is 1.69. The lowest BCUT2D eigenvalue weighted by molar-refractivity contribution is 0.0992. The Morgan fingerprint density at radius 1 is 1.29 bits per heavy atom. The van der Waals surface area contributed by atoms with Crippen LogP contribution >= 0.6 is 0 Å². The van der Waals surface area contributed by atoms with E-state index in [-0.39, 0.29) is 0 Å². The summed E-state index contributed by atoms with van der Waals surface area (Å²) in [4.78, 5) is 0. The fraction of sp³-hybridized carbons (Fsp3) is 0.600. The highest BCUT2D eigenvalue weighted by Crippen LogP contribution is 1.72. The van der Waals surface area contributed by atoms with Crippen molar-refractivity contribution in [2.75, 3.05) is 19.8 Å². The quantitative estimate of drug-likeness (QED) is 0.485. The zero-order valence-electron chi connectivity index (χ0n) is 4.35. The van der Waals surface area contributed by atoms with Crippen LogP contribution in [0.15, 0.2) is 0 Å². The molecule has 0 spiro atoms. The van der Waals surface area contributed by atoms with E-state index >= 15 is 0 Å². The maximum absolute atomic E-state index is 4.80. The number of hydrogen-bond acceptors (Lipinski definition) is 2. The monoisotopic (exact) mass is 102 g/mol. The van der Waals surface area contributed by atoms with Gasteiger partial charge in [0.2, 0.25) is 0 Å². The summed E-state index contributed by atoms with van der Waals surface area (Å²) < 4.78 is 9.24. The average molecular weight is 102 g/mol. The van der Waals surface area contributed by atoms with Gasteiger partial charge in [0, 0.05) is 6.61 Å². The van der Waals surface area contributed by atoms with E-state index in [2.05, 4.69) is 18.8 Å². The fourth-order valence-electron chi connectivity index (χ4n) is 0.220. The van der Waals surface area contributed by atoms with Crippen LogP contribution in [0, 0.1) is 14.0 Å². The Morgan fingerprint density at radius 2 is 2.00 bits per heavy atom. The summed E-state index contributed by atoms with van der Waals surface area (Å²) in [7, 11) is 3.16. The van der Waals surface area contributed by atoms with Crippen molar-refractivity contribution in [3.05, 3.63) is 14.0 Å². The van der Waals surface area contributed by atoms with Crippen molar-refractivity contribution in [1.82, 2.24) is 0 Å². The molecule has 7 heavy (non-hydrogen) atoms. The van der Waals surface area contributed by atoms with Crippen LogP contribution in [0.5, 0.6) is 0 Å². The molecule has 0 saturated carbocycles. The first-order valence-electron chi connectivity index (χ1n) is 2.15. The van der Waals surface area contributed by atoms with Gasteiger partial charge in [-0.15, -0.1) is 0 Å². The summed E-state index contributed by atoms with van der Waals surface area (Å²) in [5.74, 6) is 0. The molecule has 0 bridgehead atoms. The molecule has 0 aromatic heterocycles. The van der Waals surface area contributed by atoms with Crippen LogP contribution in [0.3, 0.4) is 0 Å². The fourth-order valence-corrected chi connectivity index (χ4v) is 0.220. The summed E-state index contributed by atoms with van der Waals surface area (Å²) >= 11 is 0. The second-order valence-electron chi connectivity index (χ2n) is 1.02. The summed E-state index contributed by atoms with van der Waals surface area (Å²) in [5, 5.41) is 0. The Hall–Kier alpha value is -0.0800. The first-order chi connectivity index (χ1) is 3.41. The summed E-state index contributed by atoms with van der Waals surface area (Å²) in [6.45, 7) is 5.10. The van der Waals surface area contributed by atoms with Crippen molar-refractivity contribution in [2.24, 2.45) is 0 Å². The van der Waals surface area contributed by atoms with Gasteiger partial charge in [-0.2, -0.15) is 0 Å². The van der Waals surface area contributed by atoms with Crippen molar-refractivity contribution in [2.45, 2.75) is 0 Å². The molecule has 42 valence electrons. The second kappa shape index (κ2) is 5.92. The number of hydrogen-bond donors (Lipinski definition) is 0. The van der Waals surface area contributed by atoms with Crippen LogP contribution in [0.4, 0.5) is 0 Å². The predicted octanol–water partition coefficient (Wildman–Crippen LogP) is 0.645. The maximum atomic E-state index is 4.80. The first-order valence-corrected chi connectivity index (χ1v) is 2.15. The molecule has 0 aliphatic carbocycles. The lowest BCUT2D eigenvalue weighted by atomic mass is 10.7. The second-order valence-corrected chi connectivity index (χ2v) is 1.02. The molecule has 0 heterocycles. The van der Waals surface area contributed by atoms with Gasteiger partial charge in [0.25, 0.3) is 0 Å².